The standard InChI is InChI=1S/C13H26O2.C5H10O2/c1-3-5-7-8-9-10-12-15-13(14)11-6-4-2;1-3-4-5(6)7-2/h3-12H2,1-2H3;3-4H2,1-2H3. The van der Waals surface area contributed by atoms with Gasteiger partial charge < -0.3 is 9.47 Å². The van der Waals surface area contributed by atoms with Gasteiger partial charge in [-0.3, -0.25) is 9.59 Å². The minimum atomic E-state index is -0.123. The molecule has 0 spiro atoms. The SMILES string of the molecule is CCCC(=O)OC.CCCCCCCCOC(=O)CCCC. The monoisotopic (exact) mass is 316 g/mol. The van der Waals surface area contributed by atoms with Crippen LogP contribution in [-0.2, 0) is 19.1 Å². The van der Waals surface area contributed by atoms with E-state index in [2.05, 4.69) is 18.6 Å². The van der Waals surface area contributed by atoms with Gasteiger partial charge in [0.15, 0.2) is 0 Å². The molecule has 22 heavy (non-hydrogen) atoms. The third-order valence-electron chi connectivity index (χ3n) is 3.18. The molecule has 0 N–H and O–H groups in total. The van der Waals surface area contributed by atoms with Crippen LogP contribution in [0, 0.1) is 0 Å². The van der Waals surface area contributed by atoms with Crippen LogP contribution in [0.1, 0.15) is 91.4 Å². The Hall–Kier alpha value is -1.06. The summed E-state index contributed by atoms with van der Waals surface area (Å²) in [5.74, 6) is -0.145. The molecule has 0 aliphatic rings. The quantitative estimate of drug-likeness (QED) is 0.374. The predicted octanol–water partition coefficient (Wildman–Crippen LogP) is 5.04. The lowest BCUT2D eigenvalue weighted by atomic mass is 10.1. The van der Waals surface area contributed by atoms with E-state index in [0.717, 1.165) is 25.7 Å². The second kappa shape index (κ2) is 19.9. The number of hydrogen-bond acceptors (Lipinski definition) is 4. The Morgan fingerprint density at radius 1 is 0.682 bits per heavy atom. The average molecular weight is 316 g/mol. The van der Waals surface area contributed by atoms with Crippen LogP contribution in [0.5, 0.6) is 0 Å². The molecule has 0 unspecified atom stereocenters. The van der Waals surface area contributed by atoms with Crippen LogP contribution in [0.3, 0.4) is 0 Å². The predicted molar refractivity (Wildman–Crippen MR) is 90.8 cm³/mol. The van der Waals surface area contributed by atoms with Crippen LogP contribution in [0.25, 0.3) is 0 Å². The molecule has 0 rings (SSSR count). The van der Waals surface area contributed by atoms with E-state index >= 15 is 0 Å². The Morgan fingerprint density at radius 2 is 1.27 bits per heavy atom. The van der Waals surface area contributed by atoms with Crippen molar-refractivity contribution in [2.24, 2.45) is 0 Å². The molecule has 0 aliphatic heterocycles. The molecule has 0 saturated carbocycles. The van der Waals surface area contributed by atoms with Gasteiger partial charge in [-0.05, 0) is 19.3 Å². The number of methoxy groups -OCH3 is 1. The van der Waals surface area contributed by atoms with Crippen molar-refractivity contribution >= 4 is 11.9 Å². The molecule has 0 aromatic heterocycles. The van der Waals surface area contributed by atoms with E-state index in [4.69, 9.17) is 4.74 Å². The summed E-state index contributed by atoms with van der Waals surface area (Å²) in [4.78, 5) is 21.3. The maximum atomic E-state index is 11.1. The van der Waals surface area contributed by atoms with Gasteiger partial charge in [-0.15, -0.1) is 0 Å². The smallest absolute Gasteiger partial charge is 0.305 e. The minimum absolute atomic E-state index is 0.0228. The molecule has 4 heteroatoms. The van der Waals surface area contributed by atoms with E-state index in [1.54, 1.807) is 0 Å². The van der Waals surface area contributed by atoms with Gasteiger partial charge in [0.05, 0.1) is 13.7 Å². The van der Waals surface area contributed by atoms with E-state index in [0.29, 0.717) is 19.4 Å². The molecule has 0 amide bonds. The molecule has 0 atom stereocenters. The van der Waals surface area contributed by atoms with Crippen molar-refractivity contribution in [3.63, 3.8) is 0 Å². The van der Waals surface area contributed by atoms with Gasteiger partial charge in [0.25, 0.3) is 0 Å². The van der Waals surface area contributed by atoms with Gasteiger partial charge >= 0.3 is 11.9 Å². The van der Waals surface area contributed by atoms with Crippen molar-refractivity contribution in [3.8, 4) is 0 Å². The van der Waals surface area contributed by atoms with Gasteiger partial charge in [-0.2, -0.15) is 0 Å². The minimum Gasteiger partial charge on any atom is -0.469 e. The summed E-state index contributed by atoms with van der Waals surface area (Å²) in [7, 11) is 1.40. The molecular formula is C18H36O4. The van der Waals surface area contributed by atoms with Crippen molar-refractivity contribution in [2.45, 2.75) is 91.4 Å². The Labute approximate surface area is 136 Å². The van der Waals surface area contributed by atoms with Crippen molar-refractivity contribution in [1.82, 2.24) is 0 Å². The Bertz CT molecular complexity index is 251. The number of ether oxygens (including phenoxy) is 2. The summed E-state index contributed by atoms with van der Waals surface area (Å²) in [6.07, 6.45) is 11.4. The van der Waals surface area contributed by atoms with E-state index in [-0.39, 0.29) is 11.9 Å². The van der Waals surface area contributed by atoms with Gasteiger partial charge in [0.2, 0.25) is 0 Å². The first kappa shape index (κ1) is 23.2. The lowest BCUT2D eigenvalue weighted by Crippen LogP contribution is -2.05. The number of hydrogen-bond donors (Lipinski definition) is 0. The van der Waals surface area contributed by atoms with Crippen LogP contribution in [0.2, 0.25) is 0 Å². The van der Waals surface area contributed by atoms with Crippen LogP contribution < -0.4 is 0 Å². The number of rotatable bonds is 12. The summed E-state index contributed by atoms with van der Waals surface area (Å²) in [6.45, 7) is 6.86. The highest BCUT2D eigenvalue weighted by Gasteiger charge is 2.00. The third-order valence-corrected chi connectivity index (χ3v) is 3.18. The lowest BCUT2D eigenvalue weighted by Gasteiger charge is -2.04. The largest absolute Gasteiger partial charge is 0.469 e. The molecule has 0 radical (unpaired) electrons. The Kier molecular flexibility index (Phi) is 21.0. The summed E-state index contributed by atoms with van der Waals surface area (Å²) in [5, 5.41) is 0. The topological polar surface area (TPSA) is 52.6 Å². The van der Waals surface area contributed by atoms with Gasteiger partial charge in [0.1, 0.15) is 0 Å². The number of carbonyl (C=O) groups excluding carboxylic acids is 2. The van der Waals surface area contributed by atoms with E-state index in [1.165, 1.54) is 39.2 Å². The number of carbonyl (C=O) groups is 2. The maximum absolute atomic E-state index is 11.1. The second-order valence-corrected chi connectivity index (χ2v) is 5.42. The van der Waals surface area contributed by atoms with Gasteiger partial charge in [-0.1, -0.05) is 59.3 Å². The fraction of sp³-hybridized carbons (Fsp3) is 0.889. The third kappa shape index (κ3) is 21.2. The highest BCUT2D eigenvalue weighted by atomic mass is 16.5. The zero-order valence-corrected chi connectivity index (χ0v) is 15.1. The highest BCUT2D eigenvalue weighted by Crippen LogP contribution is 2.05. The lowest BCUT2D eigenvalue weighted by molar-refractivity contribution is -0.144. The van der Waals surface area contributed by atoms with Crippen LogP contribution in [0.4, 0.5) is 0 Å². The Balaban J connectivity index is 0. The van der Waals surface area contributed by atoms with Gasteiger partial charge in [-0.25, -0.2) is 0 Å². The molecule has 0 heterocycles. The van der Waals surface area contributed by atoms with E-state index < -0.39 is 0 Å². The van der Waals surface area contributed by atoms with E-state index in [9.17, 15) is 9.59 Å². The summed E-state index contributed by atoms with van der Waals surface area (Å²) >= 11 is 0. The molecule has 0 bridgehead atoms. The highest BCUT2D eigenvalue weighted by molar-refractivity contribution is 5.69. The zero-order valence-electron chi connectivity index (χ0n) is 15.1. The Morgan fingerprint density at radius 3 is 1.77 bits per heavy atom. The fourth-order valence-corrected chi connectivity index (χ4v) is 1.77. The van der Waals surface area contributed by atoms with Crippen LogP contribution >= 0.6 is 0 Å². The van der Waals surface area contributed by atoms with Crippen LogP contribution in [0.15, 0.2) is 0 Å². The first-order valence-electron chi connectivity index (χ1n) is 8.84. The van der Waals surface area contributed by atoms with Crippen molar-refractivity contribution in [1.29, 1.82) is 0 Å². The molecule has 0 aliphatic carbocycles. The molecule has 0 aromatic carbocycles. The van der Waals surface area contributed by atoms with Gasteiger partial charge in [0, 0.05) is 12.8 Å². The summed E-state index contributed by atoms with van der Waals surface area (Å²) in [5.41, 5.74) is 0. The average Bonchev–Trinajstić information content (AvgIpc) is 2.52. The number of unbranched alkanes of at least 4 members (excludes halogenated alkanes) is 6. The maximum Gasteiger partial charge on any atom is 0.305 e. The summed E-state index contributed by atoms with van der Waals surface area (Å²) in [6, 6.07) is 0. The zero-order chi connectivity index (χ0) is 17.1. The molecule has 4 nitrogen and oxygen atoms in total. The number of esters is 2. The molecule has 0 fully saturated rings. The summed E-state index contributed by atoms with van der Waals surface area (Å²) < 4.78 is 9.46. The van der Waals surface area contributed by atoms with Crippen molar-refractivity contribution in [3.05, 3.63) is 0 Å². The van der Waals surface area contributed by atoms with Crippen molar-refractivity contribution < 1.29 is 19.1 Å². The first-order chi connectivity index (χ1) is 10.6. The normalized spacial score (nSPS) is 9.64. The molecular weight excluding hydrogens is 280 g/mol. The van der Waals surface area contributed by atoms with Crippen LogP contribution in [-0.4, -0.2) is 25.7 Å². The first-order valence-corrected chi connectivity index (χ1v) is 8.84. The molecule has 132 valence electrons. The van der Waals surface area contributed by atoms with E-state index in [1.807, 2.05) is 6.92 Å². The molecule has 0 saturated heterocycles. The van der Waals surface area contributed by atoms with Crippen molar-refractivity contribution in [2.75, 3.05) is 13.7 Å². The second-order valence-electron chi connectivity index (χ2n) is 5.42. The molecule has 0 aromatic rings. The fourth-order valence-electron chi connectivity index (χ4n) is 1.77.